The van der Waals surface area contributed by atoms with Gasteiger partial charge in [-0.25, -0.2) is 0 Å². The molecule has 2 aromatic rings. The maximum absolute atomic E-state index is 13.2. The molecule has 1 aliphatic carbocycles. The molecule has 5 nitrogen and oxygen atoms in total. The van der Waals surface area contributed by atoms with Crippen molar-refractivity contribution in [1.29, 1.82) is 0 Å². The van der Waals surface area contributed by atoms with Crippen molar-refractivity contribution >= 4 is 17.5 Å². The molecule has 2 heterocycles. The Labute approximate surface area is 178 Å². The third-order valence-electron chi connectivity index (χ3n) is 5.66. The lowest BCUT2D eigenvalue weighted by molar-refractivity contribution is -0.142. The van der Waals surface area contributed by atoms with Crippen molar-refractivity contribution in [2.45, 2.75) is 44.9 Å². The van der Waals surface area contributed by atoms with Gasteiger partial charge in [0, 0.05) is 38.6 Å². The van der Waals surface area contributed by atoms with E-state index in [4.69, 9.17) is 11.6 Å². The summed E-state index contributed by atoms with van der Waals surface area (Å²) < 4.78 is 40.8. The van der Waals surface area contributed by atoms with Crippen LogP contribution in [0.5, 0.6) is 0 Å². The molecule has 9 heteroatoms. The van der Waals surface area contributed by atoms with E-state index in [2.05, 4.69) is 35.1 Å². The number of benzene rings is 1. The van der Waals surface area contributed by atoms with E-state index in [9.17, 15) is 18.0 Å². The molecular formula is C21H24ClF3N4O. The maximum Gasteiger partial charge on any atom is 0.436 e. The Morgan fingerprint density at radius 2 is 1.90 bits per heavy atom. The van der Waals surface area contributed by atoms with Crippen LogP contribution in [-0.2, 0) is 24.1 Å². The maximum atomic E-state index is 13.2. The number of hydrogen-bond donors (Lipinski definition) is 0. The highest BCUT2D eigenvalue weighted by atomic mass is 35.5. The number of aromatic nitrogens is 2. The van der Waals surface area contributed by atoms with Crippen molar-refractivity contribution in [3.8, 4) is 0 Å². The monoisotopic (exact) mass is 440 g/mol. The van der Waals surface area contributed by atoms with Crippen LogP contribution in [-0.4, -0.2) is 51.7 Å². The molecule has 1 aromatic heterocycles. The lowest BCUT2D eigenvalue weighted by atomic mass is 10.1. The lowest BCUT2D eigenvalue weighted by Gasteiger charge is -2.35. The number of carbonyl (C=O) groups excluding carboxylic acids is 1. The smallest absolute Gasteiger partial charge is 0.339 e. The van der Waals surface area contributed by atoms with Gasteiger partial charge in [-0.2, -0.15) is 18.3 Å². The normalized spacial score (nSPS) is 18.1. The summed E-state index contributed by atoms with van der Waals surface area (Å²) in [5.74, 6) is -0.264. The van der Waals surface area contributed by atoms with Gasteiger partial charge in [-0.3, -0.25) is 14.4 Å². The van der Waals surface area contributed by atoms with Crippen LogP contribution in [0.1, 0.15) is 41.3 Å². The first-order valence-electron chi connectivity index (χ1n) is 10.1. The van der Waals surface area contributed by atoms with Crippen LogP contribution < -0.4 is 0 Å². The largest absolute Gasteiger partial charge is 0.436 e. The average molecular weight is 441 g/mol. The van der Waals surface area contributed by atoms with Crippen LogP contribution in [0.2, 0.25) is 5.02 Å². The average Bonchev–Trinajstić information content (AvgIpc) is 3.45. The van der Waals surface area contributed by atoms with Gasteiger partial charge in [-0.1, -0.05) is 41.4 Å². The Kier molecular flexibility index (Phi) is 5.81. The number of alkyl halides is 3. The summed E-state index contributed by atoms with van der Waals surface area (Å²) in [6.45, 7) is 5.21. The van der Waals surface area contributed by atoms with Crippen LogP contribution in [0.3, 0.4) is 0 Å². The summed E-state index contributed by atoms with van der Waals surface area (Å²) in [6, 6.07) is 8.33. The quantitative estimate of drug-likeness (QED) is 0.703. The lowest BCUT2D eigenvalue weighted by Crippen LogP contribution is -2.49. The second kappa shape index (κ2) is 8.23. The van der Waals surface area contributed by atoms with Gasteiger partial charge >= 0.3 is 6.18 Å². The fraction of sp³-hybridized carbons (Fsp3) is 0.524. The van der Waals surface area contributed by atoms with Crippen molar-refractivity contribution in [3.63, 3.8) is 0 Å². The van der Waals surface area contributed by atoms with Gasteiger partial charge < -0.3 is 4.90 Å². The second-order valence-electron chi connectivity index (χ2n) is 8.12. The topological polar surface area (TPSA) is 41.4 Å². The Morgan fingerprint density at radius 3 is 2.50 bits per heavy atom. The van der Waals surface area contributed by atoms with Crippen molar-refractivity contribution < 1.29 is 18.0 Å². The Bertz CT molecular complexity index is 931. The minimum Gasteiger partial charge on any atom is -0.339 e. The molecule has 30 heavy (non-hydrogen) atoms. The minimum atomic E-state index is -4.63. The van der Waals surface area contributed by atoms with Gasteiger partial charge in [0.05, 0.1) is 10.7 Å². The summed E-state index contributed by atoms with van der Waals surface area (Å²) in [6.07, 6.45) is -3.08. The van der Waals surface area contributed by atoms with Crippen LogP contribution in [0.4, 0.5) is 13.2 Å². The van der Waals surface area contributed by atoms with E-state index in [1.54, 1.807) is 4.90 Å². The van der Waals surface area contributed by atoms with Crippen molar-refractivity contribution in [1.82, 2.24) is 19.6 Å². The molecule has 0 unspecified atom stereocenters. The highest BCUT2D eigenvalue weighted by Crippen LogP contribution is 2.46. The third-order valence-corrected chi connectivity index (χ3v) is 6.04. The molecule has 0 atom stereocenters. The van der Waals surface area contributed by atoms with Gasteiger partial charge in [-0.05, 0) is 25.3 Å². The number of amides is 1. The van der Waals surface area contributed by atoms with E-state index in [1.165, 1.54) is 15.8 Å². The van der Waals surface area contributed by atoms with Crippen LogP contribution in [0, 0.1) is 6.92 Å². The number of aryl methyl sites for hydroxylation is 1. The SMILES string of the molecule is Cc1cccc(CN2CCN(C(=O)Cn3nc(C(F)(F)F)c(Cl)c3C3CC3)CC2)c1. The van der Waals surface area contributed by atoms with Gasteiger partial charge in [-0.15, -0.1) is 0 Å². The molecular weight excluding hydrogens is 417 g/mol. The van der Waals surface area contributed by atoms with Crippen LogP contribution >= 0.6 is 11.6 Å². The first-order chi connectivity index (χ1) is 14.2. The summed E-state index contributed by atoms with van der Waals surface area (Å²) >= 11 is 5.99. The van der Waals surface area contributed by atoms with Gasteiger partial charge in [0.2, 0.25) is 5.91 Å². The highest BCUT2D eigenvalue weighted by molar-refractivity contribution is 6.32. The zero-order chi connectivity index (χ0) is 21.5. The van der Waals surface area contributed by atoms with E-state index in [1.807, 2.05) is 6.07 Å². The number of rotatable bonds is 5. The summed E-state index contributed by atoms with van der Waals surface area (Å²) in [5, 5.41) is 3.30. The number of halogens is 4. The predicted octanol–water partition coefficient (Wildman–Crippen LogP) is 4.09. The number of hydrogen-bond acceptors (Lipinski definition) is 3. The summed E-state index contributed by atoms with van der Waals surface area (Å²) in [4.78, 5) is 16.7. The molecule has 0 bridgehead atoms. The fourth-order valence-corrected chi connectivity index (χ4v) is 4.35. The fourth-order valence-electron chi connectivity index (χ4n) is 3.95. The number of nitrogens with zero attached hydrogens (tertiary/aromatic N) is 4. The van der Waals surface area contributed by atoms with Crippen LogP contribution in [0.15, 0.2) is 24.3 Å². The summed E-state index contributed by atoms with van der Waals surface area (Å²) in [5.41, 5.74) is 1.69. The second-order valence-corrected chi connectivity index (χ2v) is 8.50. The molecule has 1 saturated carbocycles. The highest BCUT2D eigenvalue weighted by Gasteiger charge is 2.42. The minimum absolute atomic E-state index is 0.0416. The van der Waals surface area contributed by atoms with Crippen molar-refractivity contribution in [2.24, 2.45) is 0 Å². The Morgan fingerprint density at radius 1 is 1.20 bits per heavy atom. The molecule has 1 amide bonds. The Balaban J connectivity index is 1.38. The third kappa shape index (κ3) is 4.64. The van der Waals surface area contributed by atoms with E-state index in [0.717, 1.165) is 32.5 Å². The van der Waals surface area contributed by atoms with E-state index < -0.39 is 11.9 Å². The molecule has 4 rings (SSSR count). The molecule has 1 aliphatic heterocycles. The molecule has 2 fully saturated rings. The van der Waals surface area contributed by atoms with Gasteiger partial charge in [0.25, 0.3) is 0 Å². The van der Waals surface area contributed by atoms with Gasteiger partial charge in [0.1, 0.15) is 6.54 Å². The molecule has 1 aromatic carbocycles. The molecule has 2 aliphatic rings. The zero-order valence-electron chi connectivity index (χ0n) is 16.8. The molecule has 0 spiro atoms. The molecule has 0 N–H and O–H groups in total. The first kappa shape index (κ1) is 21.2. The van der Waals surface area contributed by atoms with E-state index in [0.29, 0.717) is 18.8 Å². The van der Waals surface area contributed by atoms with Crippen LogP contribution in [0.25, 0.3) is 0 Å². The molecule has 1 saturated heterocycles. The standard InChI is InChI=1S/C21H24ClF3N4O/c1-14-3-2-4-15(11-14)12-27-7-9-28(10-8-27)17(30)13-29-19(16-5-6-16)18(22)20(26-29)21(23,24)25/h2-4,11,16H,5-10,12-13H2,1H3. The predicted molar refractivity (Wildman–Crippen MR) is 107 cm³/mol. The number of carbonyl (C=O) groups is 1. The zero-order valence-corrected chi connectivity index (χ0v) is 17.5. The Hall–Kier alpha value is -2.06. The van der Waals surface area contributed by atoms with Crippen molar-refractivity contribution in [3.05, 3.63) is 51.8 Å². The molecule has 0 radical (unpaired) electrons. The first-order valence-corrected chi connectivity index (χ1v) is 10.5. The summed E-state index contributed by atoms with van der Waals surface area (Å²) in [7, 11) is 0. The van der Waals surface area contributed by atoms with Crippen molar-refractivity contribution in [2.75, 3.05) is 26.2 Å². The van der Waals surface area contributed by atoms with Gasteiger partial charge in [0.15, 0.2) is 5.69 Å². The van der Waals surface area contributed by atoms with E-state index in [-0.39, 0.29) is 23.4 Å². The number of piperazine rings is 1. The molecule has 162 valence electrons. The van der Waals surface area contributed by atoms with E-state index >= 15 is 0 Å².